The number of nitrogens with zero attached hydrogens (tertiary/aromatic N) is 5. The van der Waals surface area contributed by atoms with Crippen molar-refractivity contribution >= 4 is 28.4 Å². The number of aromatic nitrogens is 5. The third-order valence-corrected chi connectivity index (χ3v) is 6.51. The molecule has 0 spiro atoms. The van der Waals surface area contributed by atoms with Gasteiger partial charge in [-0.3, -0.25) is 14.2 Å². The summed E-state index contributed by atoms with van der Waals surface area (Å²) in [7, 11) is 0. The summed E-state index contributed by atoms with van der Waals surface area (Å²) >= 11 is 1.64. The molecule has 0 saturated heterocycles. The van der Waals surface area contributed by atoms with Crippen molar-refractivity contribution < 1.29 is 0 Å². The zero-order valence-corrected chi connectivity index (χ0v) is 18.1. The van der Waals surface area contributed by atoms with Crippen LogP contribution in [-0.2, 0) is 6.42 Å². The maximum absolute atomic E-state index is 13.5. The lowest BCUT2D eigenvalue weighted by Gasteiger charge is -2.14. The SMILES string of the molecule is Cc1cccc(-n2c(=O)c3ccccc3n3c(SCCc4ccncc4)nnc23)c1C. The molecule has 0 saturated carbocycles. The number of para-hydroxylation sites is 1. The van der Waals surface area contributed by atoms with Gasteiger partial charge < -0.3 is 0 Å². The van der Waals surface area contributed by atoms with Crippen molar-refractivity contribution in [2.75, 3.05) is 5.75 Å². The number of pyridine rings is 1. The molecule has 5 aromatic rings. The zero-order valence-electron chi connectivity index (χ0n) is 17.3. The van der Waals surface area contributed by atoms with Crippen molar-refractivity contribution in [3.63, 3.8) is 0 Å². The molecular weight excluding hydrogens is 406 g/mol. The van der Waals surface area contributed by atoms with Crippen LogP contribution >= 0.6 is 11.8 Å². The second-order valence-corrected chi connectivity index (χ2v) is 8.51. The minimum absolute atomic E-state index is 0.0856. The summed E-state index contributed by atoms with van der Waals surface area (Å²) in [6.07, 6.45) is 4.52. The van der Waals surface area contributed by atoms with E-state index in [2.05, 4.69) is 15.2 Å². The Morgan fingerprint density at radius 2 is 1.74 bits per heavy atom. The van der Waals surface area contributed by atoms with Gasteiger partial charge in [-0.1, -0.05) is 36.0 Å². The first-order valence-corrected chi connectivity index (χ1v) is 11.1. The van der Waals surface area contributed by atoms with Gasteiger partial charge in [0.05, 0.1) is 16.6 Å². The Morgan fingerprint density at radius 1 is 0.935 bits per heavy atom. The topological polar surface area (TPSA) is 65.1 Å². The summed E-state index contributed by atoms with van der Waals surface area (Å²) in [6.45, 7) is 4.08. The number of hydrogen-bond acceptors (Lipinski definition) is 5. The van der Waals surface area contributed by atoms with Crippen molar-refractivity contribution in [2.24, 2.45) is 0 Å². The van der Waals surface area contributed by atoms with E-state index in [1.807, 2.05) is 85.2 Å². The average molecular weight is 428 g/mol. The third-order valence-electron chi connectivity index (χ3n) is 5.58. The highest BCUT2D eigenvalue weighted by molar-refractivity contribution is 7.99. The van der Waals surface area contributed by atoms with E-state index in [-0.39, 0.29) is 5.56 Å². The Labute approximate surface area is 183 Å². The summed E-state index contributed by atoms with van der Waals surface area (Å²) in [6, 6.07) is 17.7. The van der Waals surface area contributed by atoms with Crippen molar-refractivity contribution in [2.45, 2.75) is 25.4 Å². The van der Waals surface area contributed by atoms with Crippen LogP contribution < -0.4 is 5.56 Å². The Bertz CT molecular complexity index is 1460. The summed E-state index contributed by atoms with van der Waals surface area (Å²) in [5, 5.41) is 10.3. The second kappa shape index (κ2) is 8.00. The summed E-state index contributed by atoms with van der Waals surface area (Å²) in [5.74, 6) is 1.38. The molecule has 0 atom stereocenters. The summed E-state index contributed by atoms with van der Waals surface area (Å²) < 4.78 is 3.68. The van der Waals surface area contributed by atoms with Crippen LogP contribution in [0.4, 0.5) is 0 Å². The van der Waals surface area contributed by atoms with Crippen LogP contribution in [0.25, 0.3) is 22.4 Å². The fraction of sp³-hybridized carbons (Fsp3) is 0.167. The Kier molecular flexibility index (Phi) is 5.03. The van der Waals surface area contributed by atoms with Crippen molar-refractivity contribution in [3.8, 4) is 5.69 Å². The molecule has 154 valence electrons. The van der Waals surface area contributed by atoms with Crippen molar-refractivity contribution in [3.05, 3.63) is 94.0 Å². The molecule has 7 heteroatoms. The minimum atomic E-state index is -0.0856. The first-order chi connectivity index (χ1) is 15.1. The predicted octanol–water partition coefficient (Wildman–Crippen LogP) is 4.38. The van der Waals surface area contributed by atoms with Gasteiger partial charge in [0.1, 0.15) is 0 Å². The van der Waals surface area contributed by atoms with Crippen LogP contribution in [0.5, 0.6) is 0 Å². The van der Waals surface area contributed by atoms with Gasteiger partial charge in [0.2, 0.25) is 5.78 Å². The molecule has 0 aliphatic rings. The number of thioether (sulfide) groups is 1. The molecule has 3 heterocycles. The maximum atomic E-state index is 13.5. The van der Waals surface area contributed by atoms with Crippen molar-refractivity contribution in [1.82, 2.24) is 24.1 Å². The highest BCUT2D eigenvalue weighted by atomic mass is 32.2. The minimum Gasteiger partial charge on any atom is -0.268 e. The van der Waals surface area contributed by atoms with E-state index in [0.717, 1.165) is 39.7 Å². The number of hydrogen-bond donors (Lipinski definition) is 0. The van der Waals surface area contributed by atoms with Crippen LogP contribution in [0.1, 0.15) is 16.7 Å². The number of benzene rings is 2. The molecule has 0 radical (unpaired) electrons. The molecule has 31 heavy (non-hydrogen) atoms. The molecule has 0 aliphatic heterocycles. The highest BCUT2D eigenvalue weighted by Crippen LogP contribution is 2.25. The number of fused-ring (bicyclic) bond motifs is 3. The Morgan fingerprint density at radius 3 is 2.58 bits per heavy atom. The predicted molar refractivity (Wildman–Crippen MR) is 124 cm³/mol. The smallest absolute Gasteiger partial charge is 0.267 e. The van der Waals surface area contributed by atoms with Crippen molar-refractivity contribution in [1.29, 1.82) is 0 Å². The molecule has 6 nitrogen and oxygen atoms in total. The number of rotatable bonds is 5. The Hall–Kier alpha value is -3.45. The molecular formula is C24H21N5OS. The largest absolute Gasteiger partial charge is 0.268 e. The zero-order chi connectivity index (χ0) is 21.4. The Balaban J connectivity index is 1.67. The van der Waals surface area contributed by atoms with Crippen LogP contribution in [-0.4, -0.2) is 29.9 Å². The van der Waals surface area contributed by atoms with E-state index < -0.39 is 0 Å². The monoisotopic (exact) mass is 427 g/mol. The van der Waals surface area contributed by atoms with Gasteiger partial charge in [-0.15, -0.1) is 10.2 Å². The van der Waals surface area contributed by atoms with Crippen LogP contribution in [0, 0.1) is 13.8 Å². The molecule has 0 fully saturated rings. The van der Waals surface area contributed by atoms with Gasteiger partial charge >= 0.3 is 0 Å². The van der Waals surface area contributed by atoms with E-state index in [4.69, 9.17) is 0 Å². The van der Waals surface area contributed by atoms with Gasteiger partial charge in [0, 0.05) is 18.1 Å². The number of aryl methyl sites for hydroxylation is 2. The fourth-order valence-corrected chi connectivity index (χ4v) is 4.70. The van der Waals surface area contributed by atoms with Gasteiger partial charge in [-0.25, -0.2) is 4.57 Å². The van der Waals surface area contributed by atoms with Gasteiger partial charge in [0.15, 0.2) is 5.16 Å². The summed E-state index contributed by atoms with van der Waals surface area (Å²) in [4.78, 5) is 17.6. The molecule has 2 aromatic carbocycles. The van der Waals surface area contributed by atoms with Crippen LogP contribution in [0.15, 0.2) is 76.9 Å². The van der Waals surface area contributed by atoms with E-state index in [1.54, 1.807) is 16.3 Å². The second-order valence-electron chi connectivity index (χ2n) is 7.45. The van der Waals surface area contributed by atoms with Gasteiger partial charge in [-0.05, 0) is 67.3 Å². The molecule has 0 N–H and O–H groups in total. The molecule has 0 aliphatic carbocycles. The lowest BCUT2D eigenvalue weighted by molar-refractivity contribution is 0.926. The summed E-state index contributed by atoms with van der Waals surface area (Å²) in [5.41, 5.74) is 4.98. The molecule has 0 amide bonds. The standard InChI is InChI=1S/C24H21N5OS/c1-16-6-5-9-20(17(16)2)28-22(30)19-7-3-4-8-21(19)29-23(28)26-27-24(29)31-15-12-18-10-13-25-14-11-18/h3-11,13-14H,12,15H2,1-2H3. The molecule has 3 aromatic heterocycles. The van der Waals surface area contributed by atoms with E-state index in [1.165, 1.54) is 5.56 Å². The van der Waals surface area contributed by atoms with Gasteiger partial charge in [0.25, 0.3) is 5.56 Å². The molecule has 0 bridgehead atoms. The van der Waals surface area contributed by atoms with Gasteiger partial charge in [-0.2, -0.15) is 0 Å². The first-order valence-electron chi connectivity index (χ1n) is 10.1. The quantitative estimate of drug-likeness (QED) is 0.390. The fourth-order valence-electron chi connectivity index (χ4n) is 3.78. The van der Waals surface area contributed by atoms with Crippen LogP contribution in [0.3, 0.4) is 0 Å². The normalized spacial score (nSPS) is 11.4. The first kappa shape index (κ1) is 19.5. The maximum Gasteiger partial charge on any atom is 0.267 e. The molecule has 0 unspecified atom stereocenters. The van der Waals surface area contributed by atoms with Crippen LogP contribution in [0.2, 0.25) is 0 Å². The highest BCUT2D eigenvalue weighted by Gasteiger charge is 2.19. The van der Waals surface area contributed by atoms with E-state index in [0.29, 0.717) is 11.2 Å². The lowest BCUT2D eigenvalue weighted by atomic mass is 10.1. The average Bonchev–Trinajstić information content (AvgIpc) is 3.21. The molecule has 5 rings (SSSR count). The van der Waals surface area contributed by atoms with E-state index in [9.17, 15) is 4.79 Å². The van der Waals surface area contributed by atoms with E-state index >= 15 is 0 Å². The third kappa shape index (κ3) is 3.41. The lowest BCUT2D eigenvalue weighted by Crippen LogP contribution is -2.22.